The van der Waals surface area contributed by atoms with Gasteiger partial charge in [0, 0.05) is 11.8 Å². The molecule has 4 unspecified atom stereocenters. The van der Waals surface area contributed by atoms with Crippen molar-refractivity contribution in [1.82, 2.24) is 0 Å². The van der Waals surface area contributed by atoms with Crippen LogP contribution >= 0.6 is 0 Å². The molecular formula is C40H46. The van der Waals surface area contributed by atoms with E-state index in [0.717, 1.165) is 37.7 Å². The monoisotopic (exact) mass is 526 g/mol. The van der Waals surface area contributed by atoms with E-state index in [1.807, 2.05) is 0 Å². The lowest BCUT2D eigenvalue weighted by Gasteiger charge is -2.42. The summed E-state index contributed by atoms with van der Waals surface area (Å²) in [6, 6.07) is 15.9. The lowest BCUT2D eigenvalue weighted by atomic mass is 9.61. The van der Waals surface area contributed by atoms with E-state index >= 15 is 0 Å². The van der Waals surface area contributed by atoms with E-state index in [9.17, 15) is 0 Å². The summed E-state index contributed by atoms with van der Waals surface area (Å²) in [6.07, 6.45) is 14.9. The summed E-state index contributed by atoms with van der Waals surface area (Å²) in [4.78, 5) is 0. The van der Waals surface area contributed by atoms with Gasteiger partial charge in [0.05, 0.1) is 0 Å². The van der Waals surface area contributed by atoms with Gasteiger partial charge in [-0.15, -0.1) is 0 Å². The summed E-state index contributed by atoms with van der Waals surface area (Å²) >= 11 is 0. The molecule has 5 rings (SSSR count). The van der Waals surface area contributed by atoms with Crippen molar-refractivity contribution in [2.24, 2.45) is 17.8 Å². The molecule has 2 aromatic rings. The second-order valence-electron chi connectivity index (χ2n) is 12.4. The third-order valence-electron chi connectivity index (χ3n) is 9.44. The molecule has 1 fully saturated rings. The van der Waals surface area contributed by atoms with Gasteiger partial charge in [0.1, 0.15) is 0 Å². The van der Waals surface area contributed by atoms with Crippen LogP contribution in [0.3, 0.4) is 0 Å². The summed E-state index contributed by atoms with van der Waals surface area (Å²) in [7, 11) is 0. The van der Waals surface area contributed by atoms with Crippen LogP contribution in [0.4, 0.5) is 0 Å². The largest absolute Gasteiger partial charge is 0.0995 e. The first-order valence-electron chi connectivity index (χ1n) is 15.3. The highest BCUT2D eigenvalue weighted by molar-refractivity contribution is 5.82. The van der Waals surface area contributed by atoms with Crippen LogP contribution in [0.1, 0.15) is 87.1 Å². The smallest absolute Gasteiger partial charge is 0.0123 e. The minimum atomic E-state index is 0.357. The number of rotatable bonds is 8. The predicted octanol–water partition coefficient (Wildman–Crippen LogP) is 11.1. The van der Waals surface area contributed by atoms with Gasteiger partial charge in [-0.1, -0.05) is 136 Å². The van der Waals surface area contributed by atoms with E-state index in [2.05, 4.69) is 115 Å². The van der Waals surface area contributed by atoms with Crippen molar-refractivity contribution in [3.8, 4) is 0 Å². The molecule has 0 heterocycles. The van der Waals surface area contributed by atoms with E-state index in [0.29, 0.717) is 23.7 Å². The van der Waals surface area contributed by atoms with Crippen LogP contribution in [0, 0.1) is 24.7 Å². The number of aryl methyl sites for hydroxylation is 2. The number of fused-ring (bicyclic) bond motifs is 1. The third-order valence-corrected chi connectivity index (χ3v) is 9.44. The Morgan fingerprint density at radius 2 is 1.80 bits per heavy atom. The zero-order valence-electron chi connectivity index (χ0n) is 25.3. The summed E-state index contributed by atoms with van der Waals surface area (Å²) in [5, 5.41) is 0. The highest BCUT2D eigenvalue weighted by Gasteiger charge is 2.45. The minimum absolute atomic E-state index is 0.357. The SMILES string of the molecule is C=C(C)c1cc(C)ccc1C1=CC=C(/C=C2/CC3=CC(C)C(C(=C)CCC)C(c4ccccc4CC)C3C2=C)C1. The molecule has 1 saturated carbocycles. The predicted molar refractivity (Wildman–Crippen MR) is 175 cm³/mol. The summed E-state index contributed by atoms with van der Waals surface area (Å²) in [6.45, 7) is 24.9. The van der Waals surface area contributed by atoms with Gasteiger partial charge in [-0.25, -0.2) is 0 Å². The van der Waals surface area contributed by atoms with Crippen molar-refractivity contribution >= 4 is 11.1 Å². The fraction of sp³-hybridized carbons (Fsp3) is 0.350. The van der Waals surface area contributed by atoms with E-state index in [4.69, 9.17) is 6.58 Å². The molecule has 40 heavy (non-hydrogen) atoms. The van der Waals surface area contributed by atoms with Gasteiger partial charge >= 0.3 is 0 Å². The van der Waals surface area contributed by atoms with Crippen molar-refractivity contribution in [2.75, 3.05) is 0 Å². The fourth-order valence-electron chi connectivity index (χ4n) is 7.61. The lowest BCUT2D eigenvalue weighted by Crippen LogP contribution is -2.32. The molecule has 0 aromatic heterocycles. The van der Waals surface area contributed by atoms with Crippen molar-refractivity contribution < 1.29 is 0 Å². The second-order valence-corrected chi connectivity index (χ2v) is 12.4. The summed E-state index contributed by atoms with van der Waals surface area (Å²) in [5.74, 6) is 1.68. The van der Waals surface area contributed by atoms with Gasteiger partial charge in [-0.05, 0) is 95.9 Å². The first-order chi connectivity index (χ1) is 19.2. The molecule has 2 aromatic carbocycles. The Balaban J connectivity index is 1.47. The normalized spacial score (nSPS) is 25.0. The van der Waals surface area contributed by atoms with E-state index < -0.39 is 0 Å². The second kappa shape index (κ2) is 11.6. The van der Waals surface area contributed by atoms with Crippen molar-refractivity contribution in [2.45, 2.75) is 72.6 Å². The molecule has 0 N–H and O–H groups in total. The molecule has 3 aliphatic rings. The average molecular weight is 527 g/mol. The summed E-state index contributed by atoms with van der Waals surface area (Å²) < 4.78 is 0. The van der Waals surface area contributed by atoms with Crippen molar-refractivity contribution in [3.63, 3.8) is 0 Å². The van der Waals surface area contributed by atoms with Crippen LogP contribution in [0.15, 0.2) is 114 Å². The van der Waals surface area contributed by atoms with Crippen LogP contribution in [-0.2, 0) is 6.42 Å². The molecule has 0 radical (unpaired) electrons. The maximum absolute atomic E-state index is 4.79. The molecule has 0 nitrogen and oxygen atoms in total. The molecule has 0 bridgehead atoms. The topological polar surface area (TPSA) is 0 Å². The third kappa shape index (κ3) is 5.22. The number of hydrogen-bond acceptors (Lipinski definition) is 0. The zero-order chi connectivity index (χ0) is 28.6. The van der Waals surface area contributed by atoms with Crippen LogP contribution in [0.25, 0.3) is 11.1 Å². The highest BCUT2D eigenvalue weighted by Crippen LogP contribution is 2.57. The zero-order valence-corrected chi connectivity index (χ0v) is 25.3. The maximum Gasteiger partial charge on any atom is 0.0123 e. The molecule has 0 amide bonds. The number of allylic oxidation sites excluding steroid dienone is 11. The highest BCUT2D eigenvalue weighted by atomic mass is 14.5. The summed E-state index contributed by atoms with van der Waals surface area (Å²) in [5.41, 5.74) is 16.4. The lowest BCUT2D eigenvalue weighted by molar-refractivity contribution is 0.321. The van der Waals surface area contributed by atoms with E-state index in [1.165, 1.54) is 55.7 Å². The van der Waals surface area contributed by atoms with Crippen LogP contribution in [-0.4, -0.2) is 0 Å². The molecule has 3 aliphatic carbocycles. The van der Waals surface area contributed by atoms with Gasteiger partial charge in [0.25, 0.3) is 0 Å². The van der Waals surface area contributed by atoms with Gasteiger partial charge < -0.3 is 0 Å². The molecule has 0 spiro atoms. The Hall–Kier alpha value is -3.38. The molecule has 206 valence electrons. The van der Waals surface area contributed by atoms with Gasteiger partial charge in [-0.2, -0.15) is 0 Å². The standard InChI is InChI=1S/C40H46/c1-9-13-27(6)38-28(7)21-34-24-33(29(8)39(34)40(38)36-15-12-11-14-31(36)10-2)23-30-17-18-32(22-30)35-19-16-26(5)20-37(35)25(3)4/h11-12,14-21,23,28,38-40H,3,6,8-10,13,22,24H2,1-2,4-5,7H3/b33-23-. The van der Waals surface area contributed by atoms with Gasteiger partial charge in [-0.3, -0.25) is 0 Å². The molecule has 0 saturated heterocycles. The number of benzene rings is 2. The maximum atomic E-state index is 4.79. The van der Waals surface area contributed by atoms with Gasteiger partial charge in [0.2, 0.25) is 0 Å². The van der Waals surface area contributed by atoms with E-state index in [-0.39, 0.29) is 0 Å². The molecule has 0 aliphatic heterocycles. The van der Waals surface area contributed by atoms with E-state index in [1.54, 1.807) is 5.57 Å². The quantitative estimate of drug-likeness (QED) is 0.300. The molecule has 4 atom stereocenters. The first kappa shape index (κ1) is 28.2. The Morgan fingerprint density at radius 1 is 1.02 bits per heavy atom. The molecule has 0 heteroatoms. The Labute approximate surface area is 243 Å². The van der Waals surface area contributed by atoms with Crippen LogP contribution in [0.2, 0.25) is 0 Å². The van der Waals surface area contributed by atoms with Gasteiger partial charge in [0.15, 0.2) is 0 Å². The van der Waals surface area contributed by atoms with Crippen LogP contribution in [0.5, 0.6) is 0 Å². The number of hydrogen-bond donors (Lipinski definition) is 0. The fourth-order valence-corrected chi connectivity index (χ4v) is 7.61. The Bertz CT molecular complexity index is 1480. The molecular weight excluding hydrogens is 480 g/mol. The van der Waals surface area contributed by atoms with Crippen LogP contribution < -0.4 is 0 Å². The average Bonchev–Trinajstić information content (AvgIpc) is 3.52. The minimum Gasteiger partial charge on any atom is -0.0995 e. The first-order valence-corrected chi connectivity index (χ1v) is 15.3. The Kier molecular flexibility index (Phi) is 8.18. The van der Waals surface area contributed by atoms with Crippen molar-refractivity contribution in [3.05, 3.63) is 142 Å². The Morgan fingerprint density at radius 3 is 2.52 bits per heavy atom. The van der Waals surface area contributed by atoms with Crippen molar-refractivity contribution in [1.29, 1.82) is 0 Å².